The lowest BCUT2D eigenvalue weighted by Crippen LogP contribution is -2.58. The van der Waals surface area contributed by atoms with Gasteiger partial charge in [-0.3, -0.25) is 9.69 Å². The van der Waals surface area contributed by atoms with Crippen molar-refractivity contribution >= 4 is 5.91 Å². The summed E-state index contributed by atoms with van der Waals surface area (Å²) in [7, 11) is 0. The number of hydrogen-bond acceptors (Lipinski definition) is 3. The fourth-order valence-electron chi connectivity index (χ4n) is 2.28. The summed E-state index contributed by atoms with van der Waals surface area (Å²) in [5.41, 5.74) is 4.76. The molecule has 82 valence electrons. The van der Waals surface area contributed by atoms with E-state index in [0.717, 1.165) is 13.1 Å². The fourth-order valence-corrected chi connectivity index (χ4v) is 2.28. The third-order valence-electron chi connectivity index (χ3n) is 2.14. The minimum Gasteiger partial charge on any atom is -0.369 e. The summed E-state index contributed by atoms with van der Waals surface area (Å²) in [6.45, 7) is 9.93. The van der Waals surface area contributed by atoms with E-state index < -0.39 is 0 Å². The third-order valence-corrected chi connectivity index (χ3v) is 2.14. The summed E-state index contributed by atoms with van der Waals surface area (Å²) in [6, 6.07) is 0. The first-order valence-corrected chi connectivity index (χ1v) is 4.91. The number of nitrogens with zero attached hydrogens (tertiary/aromatic N) is 1. The van der Waals surface area contributed by atoms with E-state index in [1.54, 1.807) is 0 Å². The van der Waals surface area contributed by atoms with Crippen LogP contribution in [-0.2, 0) is 9.53 Å². The van der Waals surface area contributed by atoms with E-state index in [9.17, 15) is 4.79 Å². The minimum atomic E-state index is -0.279. The Morgan fingerprint density at radius 2 is 1.71 bits per heavy atom. The van der Waals surface area contributed by atoms with Crippen molar-refractivity contribution < 1.29 is 9.53 Å². The number of carbonyl (C=O) groups is 1. The number of amides is 1. The third kappa shape index (κ3) is 3.27. The van der Waals surface area contributed by atoms with Gasteiger partial charge >= 0.3 is 0 Å². The minimum absolute atomic E-state index is 0.211. The molecule has 1 amide bonds. The van der Waals surface area contributed by atoms with Crippen LogP contribution < -0.4 is 5.73 Å². The molecular formula is C10H20N2O2. The molecule has 4 heteroatoms. The van der Waals surface area contributed by atoms with Crippen LogP contribution in [0.25, 0.3) is 0 Å². The van der Waals surface area contributed by atoms with E-state index in [0.29, 0.717) is 6.54 Å². The SMILES string of the molecule is CC1(C)CN(CC(N)=O)CC(C)(C)O1. The number of carbonyl (C=O) groups excluding carboxylic acids is 1. The summed E-state index contributed by atoms with van der Waals surface area (Å²) >= 11 is 0. The second-order valence-electron chi connectivity index (χ2n) is 5.23. The predicted molar refractivity (Wildman–Crippen MR) is 54.9 cm³/mol. The summed E-state index contributed by atoms with van der Waals surface area (Å²) < 4.78 is 5.88. The van der Waals surface area contributed by atoms with Crippen LogP contribution in [0, 0.1) is 0 Å². The van der Waals surface area contributed by atoms with Gasteiger partial charge in [0.05, 0.1) is 17.7 Å². The fraction of sp³-hybridized carbons (Fsp3) is 0.900. The lowest BCUT2D eigenvalue weighted by atomic mass is 9.99. The van der Waals surface area contributed by atoms with Crippen molar-refractivity contribution in [2.45, 2.75) is 38.9 Å². The van der Waals surface area contributed by atoms with Crippen LogP contribution in [0.1, 0.15) is 27.7 Å². The lowest BCUT2D eigenvalue weighted by Gasteiger charge is -2.46. The van der Waals surface area contributed by atoms with E-state index in [2.05, 4.69) is 0 Å². The van der Waals surface area contributed by atoms with Crippen LogP contribution in [0.5, 0.6) is 0 Å². The molecule has 1 aliphatic rings. The molecule has 0 bridgehead atoms. The summed E-state index contributed by atoms with van der Waals surface area (Å²) in [4.78, 5) is 12.9. The molecule has 1 saturated heterocycles. The normalized spacial score (nSPS) is 26.0. The Labute approximate surface area is 85.4 Å². The smallest absolute Gasteiger partial charge is 0.231 e. The highest BCUT2D eigenvalue weighted by atomic mass is 16.5. The molecule has 0 spiro atoms. The molecule has 2 N–H and O–H groups in total. The maximum atomic E-state index is 10.8. The Morgan fingerprint density at radius 1 is 1.29 bits per heavy atom. The van der Waals surface area contributed by atoms with Crippen LogP contribution in [-0.4, -0.2) is 41.6 Å². The highest BCUT2D eigenvalue weighted by Crippen LogP contribution is 2.27. The first-order chi connectivity index (χ1) is 6.20. The molecule has 0 aromatic carbocycles. The molecule has 14 heavy (non-hydrogen) atoms. The molecular weight excluding hydrogens is 180 g/mol. The highest BCUT2D eigenvalue weighted by Gasteiger charge is 2.38. The van der Waals surface area contributed by atoms with Gasteiger partial charge in [0.2, 0.25) is 5.91 Å². The summed E-state index contributed by atoms with van der Waals surface area (Å²) in [5, 5.41) is 0. The van der Waals surface area contributed by atoms with Crippen molar-refractivity contribution in [2.24, 2.45) is 5.73 Å². The number of rotatable bonds is 2. The van der Waals surface area contributed by atoms with Gasteiger partial charge in [0.15, 0.2) is 0 Å². The molecule has 0 unspecified atom stereocenters. The number of ether oxygens (including phenoxy) is 1. The van der Waals surface area contributed by atoms with Crippen LogP contribution in [0.15, 0.2) is 0 Å². The van der Waals surface area contributed by atoms with Crippen LogP contribution in [0.2, 0.25) is 0 Å². The molecule has 0 saturated carbocycles. The van der Waals surface area contributed by atoms with Crippen molar-refractivity contribution in [3.63, 3.8) is 0 Å². The molecule has 1 heterocycles. The molecule has 1 aliphatic heterocycles. The van der Waals surface area contributed by atoms with Gasteiger partial charge in [0.25, 0.3) is 0 Å². The van der Waals surface area contributed by atoms with Gasteiger partial charge in [-0.2, -0.15) is 0 Å². The maximum absolute atomic E-state index is 10.8. The average molecular weight is 200 g/mol. The highest BCUT2D eigenvalue weighted by molar-refractivity contribution is 5.75. The van der Waals surface area contributed by atoms with Crippen LogP contribution in [0.4, 0.5) is 0 Å². The van der Waals surface area contributed by atoms with E-state index in [-0.39, 0.29) is 17.1 Å². The zero-order valence-corrected chi connectivity index (χ0v) is 9.46. The van der Waals surface area contributed by atoms with Crippen molar-refractivity contribution in [3.8, 4) is 0 Å². The zero-order chi connectivity index (χ0) is 11.0. The quantitative estimate of drug-likeness (QED) is 0.700. The van der Waals surface area contributed by atoms with E-state index in [4.69, 9.17) is 10.5 Å². The first-order valence-electron chi connectivity index (χ1n) is 4.91. The largest absolute Gasteiger partial charge is 0.369 e. The van der Waals surface area contributed by atoms with Crippen LogP contribution in [0.3, 0.4) is 0 Å². The van der Waals surface area contributed by atoms with Gasteiger partial charge in [-0.25, -0.2) is 0 Å². The lowest BCUT2D eigenvalue weighted by molar-refractivity contribution is -0.180. The average Bonchev–Trinajstić information content (AvgIpc) is 1.74. The van der Waals surface area contributed by atoms with E-state index >= 15 is 0 Å². The van der Waals surface area contributed by atoms with Gasteiger partial charge < -0.3 is 10.5 Å². The molecule has 1 fully saturated rings. The Morgan fingerprint density at radius 3 is 2.07 bits per heavy atom. The Bertz CT molecular complexity index is 220. The van der Waals surface area contributed by atoms with Crippen molar-refractivity contribution in [3.05, 3.63) is 0 Å². The second kappa shape index (κ2) is 3.51. The Kier molecular flexibility index (Phi) is 2.88. The molecule has 0 aromatic rings. The first kappa shape index (κ1) is 11.5. The number of hydrogen-bond donors (Lipinski definition) is 1. The van der Waals surface area contributed by atoms with Crippen molar-refractivity contribution in [1.29, 1.82) is 0 Å². The van der Waals surface area contributed by atoms with Gasteiger partial charge in [0, 0.05) is 13.1 Å². The monoisotopic (exact) mass is 200 g/mol. The summed E-state index contributed by atoms with van der Waals surface area (Å²) in [5.74, 6) is -0.279. The van der Waals surface area contributed by atoms with E-state index in [1.807, 2.05) is 32.6 Å². The van der Waals surface area contributed by atoms with Crippen LogP contribution >= 0.6 is 0 Å². The molecule has 4 nitrogen and oxygen atoms in total. The topological polar surface area (TPSA) is 55.6 Å². The molecule has 1 rings (SSSR count). The Hall–Kier alpha value is -0.610. The number of nitrogens with two attached hydrogens (primary N) is 1. The van der Waals surface area contributed by atoms with Gasteiger partial charge in [-0.15, -0.1) is 0 Å². The zero-order valence-electron chi connectivity index (χ0n) is 9.46. The number of primary amides is 1. The molecule has 0 aromatic heterocycles. The van der Waals surface area contributed by atoms with Crippen molar-refractivity contribution in [2.75, 3.05) is 19.6 Å². The van der Waals surface area contributed by atoms with Gasteiger partial charge in [-0.1, -0.05) is 0 Å². The summed E-state index contributed by atoms with van der Waals surface area (Å²) in [6.07, 6.45) is 0. The standard InChI is InChI=1S/C10H20N2O2/c1-9(2)6-12(5-8(11)13)7-10(3,4)14-9/h5-7H2,1-4H3,(H2,11,13). The Balaban J connectivity index is 2.66. The molecule has 0 radical (unpaired) electrons. The van der Waals surface area contributed by atoms with Crippen molar-refractivity contribution in [1.82, 2.24) is 4.90 Å². The predicted octanol–water partition coefficient (Wildman–Crippen LogP) is 0.361. The van der Waals surface area contributed by atoms with Gasteiger partial charge in [-0.05, 0) is 27.7 Å². The second-order valence-corrected chi connectivity index (χ2v) is 5.23. The molecule has 0 atom stereocenters. The molecule has 0 aliphatic carbocycles. The number of morpholine rings is 1. The van der Waals surface area contributed by atoms with Gasteiger partial charge in [0.1, 0.15) is 0 Å². The maximum Gasteiger partial charge on any atom is 0.231 e. The van der Waals surface area contributed by atoms with E-state index in [1.165, 1.54) is 0 Å².